The van der Waals surface area contributed by atoms with Gasteiger partial charge in [-0.2, -0.15) is 0 Å². The van der Waals surface area contributed by atoms with Crippen LogP contribution in [-0.4, -0.2) is 53.2 Å². The molecule has 5 heterocycles. The van der Waals surface area contributed by atoms with Gasteiger partial charge in [0.25, 0.3) is 0 Å². The summed E-state index contributed by atoms with van der Waals surface area (Å²) in [7, 11) is 0. The molecule has 0 amide bonds. The molecule has 228 valence electrons. The largest absolute Gasteiger partial charge is 1.00 e. The second-order valence-corrected chi connectivity index (χ2v) is 11.5. The molecule has 8 bridgehead atoms. The molecule has 0 spiro atoms. The molecule has 0 radical (unpaired) electrons. The fraction of sp³-hybridized carbons (Fsp3) is 0.324. The number of aryl methyl sites for hydroxylation is 3. The molecule has 0 fully saturated rings. The first kappa shape index (κ1) is 33.9. The summed E-state index contributed by atoms with van der Waals surface area (Å²) < 4.78 is 0. The van der Waals surface area contributed by atoms with E-state index in [0.29, 0.717) is 29.1 Å². The number of carbonyl (C=O) groups is 3. The summed E-state index contributed by atoms with van der Waals surface area (Å²) >= 11 is 0. The van der Waals surface area contributed by atoms with Gasteiger partial charge in [-0.1, -0.05) is 26.5 Å². The van der Waals surface area contributed by atoms with Gasteiger partial charge in [-0.15, -0.1) is 0 Å². The number of aromatic nitrogens is 4. The van der Waals surface area contributed by atoms with Crippen LogP contribution in [0.15, 0.2) is 24.8 Å². The molecule has 11 heteroatoms. The molecule has 3 aromatic heterocycles. The Labute approximate surface area is 282 Å². The molecular weight excluding hydrogens is 583 g/mol. The fourth-order valence-electron chi connectivity index (χ4n) is 6.53. The van der Waals surface area contributed by atoms with Crippen molar-refractivity contribution in [2.45, 2.75) is 72.1 Å². The number of aromatic amines is 2. The van der Waals surface area contributed by atoms with Gasteiger partial charge in [0.15, 0.2) is 0 Å². The van der Waals surface area contributed by atoms with E-state index in [1.165, 1.54) is 0 Å². The Balaban J connectivity index is 0.00000461. The van der Waals surface area contributed by atoms with Crippen LogP contribution in [-0.2, 0) is 27.2 Å². The molecule has 2 aliphatic rings. The monoisotopic (exact) mass is 619 g/mol. The maximum absolute atomic E-state index is 12.7. The summed E-state index contributed by atoms with van der Waals surface area (Å²) in [5, 5.41) is 29.9. The van der Waals surface area contributed by atoms with E-state index in [0.717, 1.165) is 44.3 Å². The van der Waals surface area contributed by atoms with Gasteiger partial charge in [0.1, 0.15) is 0 Å². The molecule has 0 unspecified atom stereocenters. The Hall–Kier alpha value is -3.99. The van der Waals surface area contributed by atoms with Gasteiger partial charge in [0.2, 0.25) is 0 Å². The van der Waals surface area contributed by atoms with Crippen molar-refractivity contribution < 1.29 is 59.3 Å². The molecule has 45 heavy (non-hydrogen) atoms. The van der Waals surface area contributed by atoms with Crippen LogP contribution in [0.25, 0.3) is 39.3 Å². The van der Waals surface area contributed by atoms with Gasteiger partial charge in [-0.05, 0) is 74.1 Å². The molecule has 10 nitrogen and oxygen atoms in total. The Morgan fingerprint density at radius 2 is 1.58 bits per heavy atom. The summed E-state index contributed by atoms with van der Waals surface area (Å²) in [6.45, 7) is 13.7. The second kappa shape index (κ2) is 13.2. The van der Waals surface area contributed by atoms with Crippen LogP contribution < -0.4 is 29.6 Å². The van der Waals surface area contributed by atoms with Crippen molar-refractivity contribution in [3.05, 3.63) is 75.4 Å². The second-order valence-electron chi connectivity index (χ2n) is 11.5. The minimum Gasteiger partial charge on any atom is -0.481 e. The summed E-state index contributed by atoms with van der Waals surface area (Å²) in [6.07, 6.45) is 2.03. The van der Waals surface area contributed by atoms with Crippen LogP contribution in [0.5, 0.6) is 0 Å². The number of hydrogen-bond donors (Lipinski definition) is 5. The maximum Gasteiger partial charge on any atom is 1.00 e. The minimum absolute atomic E-state index is 0. The van der Waals surface area contributed by atoms with Crippen molar-refractivity contribution in [3.63, 3.8) is 0 Å². The smallest absolute Gasteiger partial charge is 0.481 e. The van der Waals surface area contributed by atoms with Crippen LogP contribution in [0.3, 0.4) is 0 Å². The zero-order valence-corrected chi connectivity index (χ0v) is 28.5. The predicted molar refractivity (Wildman–Crippen MR) is 169 cm³/mol. The SMILES string of the molecule is C=Cc1c(C)c2cc3nc(c(CC(=O)O)c4nc(cc5[nH]c(cc1[nH]2)c(C)c5CC)C(C)=C4C(=O)O)[C@@H](CCC(=O)O)[C@@H]3C.[Na+]. The first-order chi connectivity index (χ1) is 20.9. The molecule has 5 N–H and O–H groups in total. The fourth-order valence-corrected chi connectivity index (χ4v) is 6.53. The average Bonchev–Trinajstić information content (AvgIpc) is 3.63. The van der Waals surface area contributed by atoms with E-state index < -0.39 is 30.2 Å². The normalized spacial score (nSPS) is 15.9. The summed E-state index contributed by atoms with van der Waals surface area (Å²) in [5.74, 6) is -4.13. The van der Waals surface area contributed by atoms with Gasteiger partial charge in [-0.25, -0.2) is 9.78 Å². The third-order valence-corrected chi connectivity index (χ3v) is 8.94. The molecule has 0 saturated heterocycles. The Kier molecular flexibility index (Phi) is 9.91. The minimum atomic E-state index is -1.23. The van der Waals surface area contributed by atoms with Crippen molar-refractivity contribution in [1.29, 1.82) is 0 Å². The molecule has 2 aliphatic heterocycles. The molecular formula is C34H36N4NaO6+. The predicted octanol–water partition coefficient (Wildman–Crippen LogP) is 3.54. The van der Waals surface area contributed by atoms with Crippen LogP contribution in [0.4, 0.5) is 0 Å². The quantitative estimate of drug-likeness (QED) is 0.239. The topological polar surface area (TPSA) is 169 Å². The van der Waals surface area contributed by atoms with E-state index in [2.05, 4.69) is 16.5 Å². The number of carboxylic acid groups (broad SMARTS) is 3. The first-order valence-corrected chi connectivity index (χ1v) is 14.6. The number of rotatable bonds is 8. The maximum atomic E-state index is 12.7. The van der Waals surface area contributed by atoms with Crippen LogP contribution >= 0.6 is 0 Å². The van der Waals surface area contributed by atoms with Crippen LogP contribution in [0.1, 0.15) is 96.0 Å². The third kappa shape index (κ3) is 6.14. The molecule has 5 rings (SSSR count). The molecule has 0 aromatic carbocycles. The van der Waals surface area contributed by atoms with E-state index in [-0.39, 0.29) is 65.1 Å². The van der Waals surface area contributed by atoms with Crippen molar-refractivity contribution in [3.8, 4) is 0 Å². The third-order valence-electron chi connectivity index (χ3n) is 8.94. The Bertz CT molecular complexity index is 1950. The molecule has 0 aliphatic carbocycles. The number of allylic oxidation sites excluding steroid dienone is 1. The van der Waals surface area contributed by atoms with E-state index in [9.17, 15) is 29.7 Å². The number of nitrogens with zero attached hydrogens (tertiary/aromatic N) is 2. The summed E-state index contributed by atoms with van der Waals surface area (Å²) in [4.78, 5) is 53.2. The molecule has 3 aromatic rings. The zero-order chi connectivity index (χ0) is 32.0. The number of carboxylic acids is 3. The number of aliphatic carboxylic acids is 3. The zero-order valence-electron chi connectivity index (χ0n) is 26.5. The van der Waals surface area contributed by atoms with Crippen LogP contribution in [0.2, 0.25) is 0 Å². The van der Waals surface area contributed by atoms with Crippen molar-refractivity contribution in [2.24, 2.45) is 0 Å². The van der Waals surface area contributed by atoms with Gasteiger partial charge < -0.3 is 25.3 Å². The van der Waals surface area contributed by atoms with Gasteiger partial charge >= 0.3 is 47.5 Å². The Morgan fingerprint density at radius 1 is 0.911 bits per heavy atom. The van der Waals surface area contributed by atoms with Crippen molar-refractivity contribution >= 4 is 57.2 Å². The number of nitrogens with one attached hydrogen (secondary N) is 2. The van der Waals surface area contributed by atoms with Crippen molar-refractivity contribution in [1.82, 2.24) is 19.9 Å². The van der Waals surface area contributed by atoms with E-state index in [4.69, 9.17) is 9.97 Å². The van der Waals surface area contributed by atoms with E-state index in [1.807, 2.05) is 45.9 Å². The number of fused-ring (bicyclic) bond motifs is 8. The summed E-state index contributed by atoms with van der Waals surface area (Å²) in [5.41, 5.74) is 9.23. The Morgan fingerprint density at radius 3 is 2.18 bits per heavy atom. The number of H-pyrrole nitrogens is 2. The van der Waals surface area contributed by atoms with Crippen molar-refractivity contribution in [2.75, 3.05) is 0 Å². The molecule has 0 saturated carbocycles. The first-order valence-electron chi connectivity index (χ1n) is 14.6. The van der Waals surface area contributed by atoms with E-state index in [1.54, 1.807) is 13.0 Å². The molecule has 2 atom stereocenters. The summed E-state index contributed by atoms with van der Waals surface area (Å²) in [6, 6.07) is 5.75. The standard InChI is InChI=1S/C34H36N4O6.Na/c1-7-19-15(3)23-12-25-17(5)21(9-10-29(39)40)32(37-25)22(11-30(41)42)33-31(34(43)44)18(6)26(38-33)14-28-20(8-2)16(4)24(36-28)13-27(19)35-23;/h7,12-14,17,21,35-36H,1,8-11H2,2-6H3,(H,39,40)(H,41,42)(H,43,44);/q;+1/t17-,21-;/m0./s1. The van der Waals surface area contributed by atoms with Crippen LogP contribution in [0, 0.1) is 13.8 Å². The van der Waals surface area contributed by atoms with E-state index >= 15 is 0 Å². The van der Waals surface area contributed by atoms with Gasteiger partial charge in [0, 0.05) is 57.1 Å². The van der Waals surface area contributed by atoms with Gasteiger partial charge in [-0.3, -0.25) is 14.6 Å². The number of hydrogen-bond acceptors (Lipinski definition) is 5. The average molecular weight is 620 g/mol. The van der Waals surface area contributed by atoms with Gasteiger partial charge in [0.05, 0.1) is 29.1 Å².